The molecule has 0 fully saturated rings. The quantitative estimate of drug-likeness (QED) is 0.112. The van der Waals surface area contributed by atoms with Crippen molar-refractivity contribution in [2.75, 3.05) is 5.32 Å². The number of hydrogen-bond acceptors (Lipinski definition) is 7. The molecule has 204 valence electrons. The fraction of sp³-hybridized carbons (Fsp3) is 0.0606. The van der Waals surface area contributed by atoms with Crippen LogP contribution in [0.3, 0.4) is 0 Å². The zero-order valence-corrected chi connectivity index (χ0v) is 23.5. The van der Waals surface area contributed by atoms with Crippen molar-refractivity contribution in [2.45, 2.75) is 17.8 Å². The van der Waals surface area contributed by atoms with Crippen LogP contribution in [0.4, 0.5) is 11.5 Å². The topological polar surface area (TPSA) is 101 Å². The molecule has 0 saturated carbocycles. The standard InChI is InChI=1S/C33H25N7OS/c1-21-18-31(40-32(34-21)38-33(39-40)42-20-30-36-27-8-4-5-9-28(27)37-30)35-26-15-13-24(14-16-26)29(41)17-11-22-10-12-23-6-2-3-7-25(23)19-22/h2-19,35H,20H2,1H3,(H,36,37). The van der Waals surface area contributed by atoms with E-state index in [4.69, 9.17) is 0 Å². The third-order valence-electron chi connectivity index (χ3n) is 6.84. The van der Waals surface area contributed by atoms with Gasteiger partial charge in [0.2, 0.25) is 5.16 Å². The highest BCUT2D eigenvalue weighted by Gasteiger charge is 2.13. The zero-order chi connectivity index (χ0) is 28.5. The molecule has 7 aromatic rings. The molecule has 7 rings (SSSR count). The molecule has 0 unspecified atom stereocenters. The lowest BCUT2D eigenvalue weighted by molar-refractivity contribution is 0.104. The van der Waals surface area contributed by atoms with E-state index in [1.807, 2.05) is 85.8 Å². The molecule has 0 aliphatic rings. The number of anilines is 2. The zero-order valence-electron chi connectivity index (χ0n) is 22.7. The van der Waals surface area contributed by atoms with Crippen molar-refractivity contribution < 1.29 is 4.79 Å². The molecular formula is C33H25N7OS. The molecule has 0 radical (unpaired) electrons. The number of thioether (sulfide) groups is 1. The summed E-state index contributed by atoms with van der Waals surface area (Å²) in [5, 5.41) is 11.0. The first kappa shape index (κ1) is 25.7. The van der Waals surface area contributed by atoms with Gasteiger partial charge in [-0.15, -0.1) is 5.10 Å². The minimum absolute atomic E-state index is 0.0562. The average Bonchev–Trinajstić information content (AvgIpc) is 3.63. The number of para-hydroxylation sites is 2. The predicted octanol–water partition coefficient (Wildman–Crippen LogP) is 7.39. The Morgan fingerprint density at radius 3 is 2.57 bits per heavy atom. The van der Waals surface area contributed by atoms with Crippen LogP contribution < -0.4 is 5.32 Å². The molecule has 0 aliphatic heterocycles. The van der Waals surface area contributed by atoms with E-state index in [1.54, 1.807) is 10.6 Å². The number of hydrogen-bond donors (Lipinski definition) is 2. The van der Waals surface area contributed by atoms with Crippen molar-refractivity contribution in [2.24, 2.45) is 0 Å². The van der Waals surface area contributed by atoms with Gasteiger partial charge >= 0.3 is 0 Å². The Morgan fingerprint density at radius 2 is 1.71 bits per heavy atom. The smallest absolute Gasteiger partial charge is 0.255 e. The second-order valence-electron chi connectivity index (χ2n) is 9.88. The molecule has 3 heterocycles. The van der Waals surface area contributed by atoms with E-state index in [9.17, 15) is 4.79 Å². The first-order valence-electron chi connectivity index (χ1n) is 13.5. The Kier molecular flexibility index (Phi) is 6.69. The van der Waals surface area contributed by atoms with E-state index in [0.29, 0.717) is 22.3 Å². The maximum Gasteiger partial charge on any atom is 0.255 e. The number of H-pyrrole nitrogens is 1. The van der Waals surface area contributed by atoms with E-state index in [2.05, 4.69) is 54.6 Å². The van der Waals surface area contributed by atoms with Gasteiger partial charge in [-0.1, -0.05) is 66.4 Å². The highest BCUT2D eigenvalue weighted by molar-refractivity contribution is 7.98. The van der Waals surface area contributed by atoms with Gasteiger partial charge in [0.1, 0.15) is 11.6 Å². The molecule has 0 atom stereocenters. The lowest BCUT2D eigenvalue weighted by Crippen LogP contribution is -2.03. The first-order valence-corrected chi connectivity index (χ1v) is 14.5. The van der Waals surface area contributed by atoms with E-state index in [-0.39, 0.29) is 5.78 Å². The maximum atomic E-state index is 12.8. The second kappa shape index (κ2) is 10.9. The molecular weight excluding hydrogens is 542 g/mol. The van der Waals surface area contributed by atoms with Gasteiger partial charge < -0.3 is 10.3 Å². The van der Waals surface area contributed by atoms with Crippen LogP contribution in [0.1, 0.15) is 27.4 Å². The molecule has 0 bridgehead atoms. The van der Waals surface area contributed by atoms with Crippen molar-refractivity contribution in [3.05, 3.63) is 126 Å². The molecule has 9 heteroatoms. The van der Waals surface area contributed by atoms with E-state index < -0.39 is 0 Å². The average molecular weight is 568 g/mol. The summed E-state index contributed by atoms with van der Waals surface area (Å²) < 4.78 is 1.69. The summed E-state index contributed by atoms with van der Waals surface area (Å²) in [5.74, 6) is 2.66. The third kappa shape index (κ3) is 5.37. The lowest BCUT2D eigenvalue weighted by atomic mass is 10.1. The number of rotatable bonds is 8. The molecule has 4 aromatic carbocycles. The van der Waals surface area contributed by atoms with Crippen molar-refractivity contribution in [3.63, 3.8) is 0 Å². The van der Waals surface area contributed by atoms with Crippen molar-refractivity contribution in [1.29, 1.82) is 0 Å². The van der Waals surface area contributed by atoms with Crippen LogP contribution in [0.15, 0.2) is 108 Å². The number of carbonyl (C=O) groups is 1. The second-order valence-corrected chi connectivity index (χ2v) is 10.8. The molecule has 42 heavy (non-hydrogen) atoms. The Bertz CT molecular complexity index is 2080. The normalized spacial score (nSPS) is 11.6. The highest BCUT2D eigenvalue weighted by atomic mass is 32.2. The summed E-state index contributed by atoms with van der Waals surface area (Å²) >= 11 is 1.50. The monoisotopic (exact) mass is 567 g/mol. The largest absolute Gasteiger partial charge is 0.341 e. The number of ketones is 1. The van der Waals surface area contributed by atoms with Crippen LogP contribution >= 0.6 is 11.8 Å². The van der Waals surface area contributed by atoms with Crippen LogP contribution in [0.2, 0.25) is 0 Å². The van der Waals surface area contributed by atoms with Gasteiger partial charge in [-0.2, -0.15) is 9.50 Å². The molecule has 0 saturated heterocycles. The van der Waals surface area contributed by atoms with Crippen LogP contribution in [0.5, 0.6) is 0 Å². The predicted molar refractivity (Wildman–Crippen MR) is 168 cm³/mol. The van der Waals surface area contributed by atoms with Crippen molar-refractivity contribution in [3.8, 4) is 0 Å². The molecule has 0 amide bonds. The number of fused-ring (bicyclic) bond motifs is 3. The minimum atomic E-state index is -0.0562. The van der Waals surface area contributed by atoms with Gasteiger partial charge in [-0.25, -0.2) is 9.97 Å². The van der Waals surface area contributed by atoms with Crippen molar-refractivity contribution in [1.82, 2.24) is 29.5 Å². The molecule has 8 nitrogen and oxygen atoms in total. The molecule has 2 N–H and O–H groups in total. The fourth-order valence-electron chi connectivity index (χ4n) is 4.77. The first-order chi connectivity index (χ1) is 20.6. The summed E-state index contributed by atoms with van der Waals surface area (Å²) in [4.78, 5) is 30.0. The Balaban J connectivity index is 1.05. The lowest BCUT2D eigenvalue weighted by Gasteiger charge is -2.09. The SMILES string of the molecule is Cc1cc(Nc2ccc(C(=O)C=Cc3ccc4ccccc4c3)cc2)n2nc(SCc3nc4ccccc4[nH]3)nc2n1. The number of nitrogens with one attached hydrogen (secondary N) is 2. The van der Waals surface area contributed by atoms with Gasteiger partial charge in [0.25, 0.3) is 5.78 Å². The highest BCUT2D eigenvalue weighted by Crippen LogP contribution is 2.24. The van der Waals surface area contributed by atoms with Crippen LogP contribution in [-0.2, 0) is 5.75 Å². The van der Waals surface area contributed by atoms with E-state index >= 15 is 0 Å². The Labute approximate surface area is 245 Å². The summed E-state index contributed by atoms with van der Waals surface area (Å²) in [6, 6.07) is 31.6. The fourth-order valence-corrected chi connectivity index (χ4v) is 5.46. The molecule has 0 spiro atoms. The number of allylic oxidation sites excluding steroid dienone is 1. The summed E-state index contributed by atoms with van der Waals surface area (Å²) in [6.07, 6.45) is 3.47. The summed E-state index contributed by atoms with van der Waals surface area (Å²) in [6.45, 7) is 1.92. The Hall–Kier alpha value is -5.28. The van der Waals surface area contributed by atoms with Crippen LogP contribution in [0.25, 0.3) is 33.7 Å². The number of aromatic amines is 1. The number of benzene rings is 4. The number of aromatic nitrogens is 6. The van der Waals surface area contributed by atoms with Gasteiger partial charge in [0, 0.05) is 23.0 Å². The van der Waals surface area contributed by atoms with Gasteiger partial charge in [-0.3, -0.25) is 4.79 Å². The van der Waals surface area contributed by atoms with Gasteiger partial charge in [-0.05, 0) is 71.8 Å². The van der Waals surface area contributed by atoms with Gasteiger partial charge in [0.15, 0.2) is 5.78 Å². The maximum absolute atomic E-state index is 12.8. The minimum Gasteiger partial charge on any atom is -0.341 e. The molecule has 0 aliphatic carbocycles. The third-order valence-corrected chi connectivity index (χ3v) is 7.69. The van der Waals surface area contributed by atoms with Crippen LogP contribution in [0, 0.1) is 6.92 Å². The van der Waals surface area contributed by atoms with E-state index in [1.165, 1.54) is 17.1 Å². The number of nitrogens with zero attached hydrogens (tertiary/aromatic N) is 5. The molecule has 3 aromatic heterocycles. The Morgan fingerprint density at radius 1 is 0.905 bits per heavy atom. The number of imidazole rings is 1. The van der Waals surface area contributed by atoms with Crippen molar-refractivity contribution >= 4 is 62.7 Å². The van der Waals surface area contributed by atoms with Gasteiger partial charge in [0.05, 0.1) is 16.8 Å². The number of aryl methyl sites for hydroxylation is 1. The summed E-state index contributed by atoms with van der Waals surface area (Å²) in [5.41, 5.74) is 5.18. The summed E-state index contributed by atoms with van der Waals surface area (Å²) in [7, 11) is 0. The van der Waals surface area contributed by atoms with E-state index in [0.717, 1.165) is 45.0 Å². The van der Waals surface area contributed by atoms with Crippen LogP contribution in [-0.4, -0.2) is 35.3 Å². The number of carbonyl (C=O) groups excluding carboxylic acids is 1.